The van der Waals surface area contributed by atoms with Crippen molar-refractivity contribution in [3.05, 3.63) is 58.7 Å². The third-order valence-corrected chi connectivity index (χ3v) is 14.3. The van der Waals surface area contributed by atoms with Gasteiger partial charge in [0, 0.05) is 66.3 Å². The summed E-state index contributed by atoms with van der Waals surface area (Å²) in [6.07, 6.45) is 8.15. The first-order valence-corrected chi connectivity index (χ1v) is 19.0. The number of fused-ring (bicyclic) bond motifs is 10. The molecular formula is C36H41F3N4O5S. The van der Waals surface area contributed by atoms with Gasteiger partial charge in [0.25, 0.3) is 5.91 Å². The normalized spacial score (nSPS) is 34.6. The van der Waals surface area contributed by atoms with E-state index in [0.717, 1.165) is 68.6 Å². The highest BCUT2D eigenvalue weighted by Crippen LogP contribution is 2.78. The number of methoxy groups -OCH3 is 1. The molecule has 2 saturated heterocycles. The van der Waals surface area contributed by atoms with Crippen LogP contribution in [0.2, 0.25) is 0 Å². The summed E-state index contributed by atoms with van der Waals surface area (Å²) in [7, 11) is -2.10. The minimum Gasteiger partial charge on any atom is -0.497 e. The zero-order valence-electron chi connectivity index (χ0n) is 27.6. The van der Waals surface area contributed by atoms with Gasteiger partial charge in [-0.3, -0.25) is 9.59 Å². The SMILES string of the molecule is COc1ccc2c(c1)C1CC1(C(=O)N1C3CCC1CN(C)C3)CN1c3cc(C(=O)NS(=O)(=O)C(F)(F)F)ccc3C3(C4CCCCC4)C2C13. The molecule has 7 aliphatic rings. The van der Waals surface area contributed by atoms with Gasteiger partial charge in [0.05, 0.1) is 12.5 Å². The van der Waals surface area contributed by atoms with Gasteiger partial charge in [0.1, 0.15) is 5.75 Å². The maximum atomic E-state index is 15.0. The van der Waals surface area contributed by atoms with Crippen LogP contribution in [0.5, 0.6) is 5.75 Å². The van der Waals surface area contributed by atoms with Crippen LogP contribution in [-0.2, 0) is 20.2 Å². The first-order chi connectivity index (χ1) is 23.3. The molecule has 7 atom stereocenters. The molecule has 3 aliphatic carbocycles. The smallest absolute Gasteiger partial charge is 0.497 e. The highest BCUT2D eigenvalue weighted by atomic mass is 32.2. The van der Waals surface area contributed by atoms with Crippen LogP contribution in [-0.4, -0.2) is 87.5 Å². The van der Waals surface area contributed by atoms with Crippen LogP contribution in [0.25, 0.3) is 0 Å². The number of piperazine rings is 1. The van der Waals surface area contributed by atoms with Gasteiger partial charge in [-0.2, -0.15) is 21.6 Å². The summed E-state index contributed by atoms with van der Waals surface area (Å²) in [5.41, 5.74) is -2.53. The lowest BCUT2D eigenvalue weighted by Gasteiger charge is -2.43. The molecule has 9 rings (SSSR count). The second-order valence-electron chi connectivity index (χ2n) is 15.7. The average molecular weight is 699 g/mol. The molecule has 2 bridgehead atoms. The summed E-state index contributed by atoms with van der Waals surface area (Å²) in [6.45, 7) is 2.12. The highest BCUT2D eigenvalue weighted by molar-refractivity contribution is 7.90. The standard InChI is InChI=1S/C36H41F3N4O5S/c1-41-17-22-9-10-23(18-41)43(22)33(45)34-16-28(34)26-15-24(48-2)11-12-25(26)30-31-35(30,21-6-4-3-5-7-21)27-13-8-20(14-29(27)42(31)19-34)32(44)40-49(46,47)36(37,38)39/h8,11-15,21-23,28,30-31H,3-7,9-10,16-19H2,1-2H3,(H,40,44). The van der Waals surface area contributed by atoms with Crippen molar-refractivity contribution < 1.29 is 35.9 Å². The minimum atomic E-state index is -5.88. The lowest BCUT2D eigenvalue weighted by atomic mass is 9.71. The van der Waals surface area contributed by atoms with Crippen molar-refractivity contribution in [1.82, 2.24) is 14.5 Å². The van der Waals surface area contributed by atoms with E-state index in [1.54, 1.807) is 13.2 Å². The van der Waals surface area contributed by atoms with E-state index in [1.165, 1.54) is 28.3 Å². The molecule has 7 unspecified atom stereocenters. The second-order valence-corrected chi connectivity index (χ2v) is 17.3. The molecule has 4 aliphatic heterocycles. The van der Waals surface area contributed by atoms with Gasteiger partial charge in [0.2, 0.25) is 5.91 Å². The molecular weight excluding hydrogens is 657 g/mol. The molecule has 262 valence electrons. The summed E-state index contributed by atoms with van der Waals surface area (Å²) in [6, 6.07) is 11.5. The molecule has 9 nitrogen and oxygen atoms in total. The van der Waals surface area contributed by atoms with E-state index in [1.807, 2.05) is 12.1 Å². The number of carbonyl (C=O) groups excluding carboxylic acids is 2. The lowest BCUT2D eigenvalue weighted by molar-refractivity contribution is -0.142. The Morgan fingerprint density at radius 2 is 1.67 bits per heavy atom. The third-order valence-electron chi connectivity index (χ3n) is 13.3. The number of likely N-dealkylation sites (tertiary alicyclic amines) is 1. The number of carbonyl (C=O) groups is 2. The molecule has 0 radical (unpaired) electrons. The third kappa shape index (κ3) is 4.29. The van der Waals surface area contributed by atoms with Crippen LogP contribution in [0.4, 0.5) is 18.9 Å². The molecule has 49 heavy (non-hydrogen) atoms. The zero-order valence-corrected chi connectivity index (χ0v) is 28.4. The topological polar surface area (TPSA) is 99.3 Å². The molecule has 4 heterocycles. The number of ether oxygens (including phenoxy) is 1. The molecule has 3 saturated carbocycles. The predicted molar refractivity (Wildman–Crippen MR) is 175 cm³/mol. The number of amides is 2. The van der Waals surface area contributed by atoms with Crippen molar-refractivity contribution in [2.75, 3.05) is 38.7 Å². The van der Waals surface area contributed by atoms with Crippen molar-refractivity contribution in [1.29, 1.82) is 0 Å². The van der Waals surface area contributed by atoms with E-state index in [9.17, 15) is 26.4 Å². The van der Waals surface area contributed by atoms with E-state index in [4.69, 9.17) is 4.74 Å². The van der Waals surface area contributed by atoms with Crippen LogP contribution in [0, 0.1) is 11.3 Å². The number of nitrogens with one attached hydrogen (secondary N) is 1. The van der Waals surface area contributed by atoms with Crippen LogP contribution < -0.4 is 14.4 Å². The average Bonchev–Trinajstić information content (AvgIpc) is 3.91. The number of anilines is 1. The largest absolute Gasteiger partial charge is 0.516 e. The number of rotatable bonds is 5. The van der Waals surface area contributed by atoms with Crippen LogP contribution in [0.1, 0.15) is 90.3 Å². The Morgan fingerprint density at radius 3 is 2.35 bits per heavy atom. The molecule has 0 aromatic heterocycles. The number of hydrogen-bond donors (Lipinski definition) is 1. The first-order valence-electron chi connectivity index (χ1n) is 17.6. The van der Waals surface area contributed by atoms with Crippen molar-refractivity contribution in [3.8, 4) is 5.75 Å². The minimum absolute atomic E-state index is 0.0118. The maximum absolute atomic E-state index is 15.0. The number of benzene rings is 2. The van der Waals surface area contributed by atoms with E-state index in [2.05, 4.69) is 33.9 Å². The fourth-order valence-electron chi connectivity index (χ4n) is 11.2. The van der Waals surface area contributed by atoms with Crippen molar-refractivity contribution in [3.63, 3.8) is 0 Å². The Labute approximate surface area is 284 Å². The molecule has 2 aromatic carbocycles. The van der Waals surface area contributed by atoms with Gasteiger partial charge in [-0.15, -0.1) is 0 Å². The number of sulfonamides is 1. The van der Waals surface area contributed by atoms with Gasteiger partial charge < -0.3 is 19.4 Å². The second kappa shape index (κ2) is 10.4. The molecule has 2 aromatic rings. The number of likely N-dealkylation sites (N-methyl/N-ethyl adjacent to an activating group) is 1. The fourth-order valence-corrected chi connectivity index (χ4v) is 11.7. The van der Waals surface area contributed by atoms with E-state index < -0.39 is 26.9 Å². The summed E-state index contributed by atoms with van der Waals surface area (Å²) < 4.78 is 70.3. The number of hydrogen-bond acceptors (Lipinski definition) is 7. The van der Waals surface area contributed by atoms with Gasteiger partial charge >= 0.3 is 15.5 Å². The summed E-state index contributed by atoms with van der Waals surface area (Å²) in [5, 5.41) is 0. The van der Waals surface area contributed by atoms with E-state index >= 15 is 4.79 Å². The highest BCUT2D eigenvalue weighted by Gasteiger charge is 2.79. The molecule has 1 N–H and O–H groups in total. The predicted octanol–water partition coefficient (Wildman–Crippen LogP) is 4.87. The quantitative estimate of drug-likeness (QED) is 0.476. The molecule has 0 spiro atoms. The van der Waals surface area contributed by atoms with Gasteiger partial charge in [0.15, 0.2) is 0 Å². The fraction of sp³-hybridized carbons (Fsp3) is 0.611. The number of alkyl halides is 3. The van der Waals surface area contributed by atoms with Crippen molar-refractivity contribution in [2.24, 2.45) is 11.3 Å². The Morgan fingerprint density at radius 1 is 0.959 bits per heavy atom. The number of nitrogens with zero attached hydrogens (tertiary/aromatic N) is 3. The number of halogens is 3. The Bertz CT molecular complexity index is 1870. The van der Waals surface area contributed by atoms with E-state index in [-0.39, 0.29) is 46.8 Å². The van der Waals surface area contributed by atoms with Crippen molar-refractivity contribution in [2.45, 2.75) is 92.3 Å². The van der Waals surface area contributed by atoms with Gasteiger partial charge in [-0.25, -0.2) is 4.72 Å². The summed E-state index contributed by atoms with van der Waals surface area (Å²) >= 11 is 0. The van der Waals surface area contributed by atoms with Crippen LogP contribution in [0.3, 0.4) is 0 Å². The van der Waals surface area contributed by atoms with Gasteiger partial charge in [-0.05, 0) is 86.0 Å². The molecule has 5 fully saturated rings. The Kier molecular flexibility index (Phi) is 6.70. The Balaban J connectivity index is 1.18. The van der Waals surface area contributed by atoms with E-state index in [0.29, 0.717) is 18.9 Å². The Hall–Kier alpha value is -3.32. The van der Waals surface area contributed by atoms with Crippen LogP contribution in [0.15, 0.2) is 36.4 Å². The monoisotopic (exact) mass is 698 g/mol. The maximum Gasteiger partial charge on any atom is 0.516 e. The molecule has 2 amide bonds. The first kappa shape index (κ1) is 31.6. The lowest BCUT2D eigenvalue weighted by Crippen LogP contribution is -2.58. The van der Waals surface area contributed by atoms with Gasteiger partial charge in [-0.1, -0.05) is 31.4 Å². The van der Waals surface area contributed by atoms with Crippen LogP contribution >= 0.6 is 0 Å². The summed E-state index contributed by atoms with van der Waals surface area (Å²) in [5.74, 6) is 0.122. The summed E-state index contributed by atoms with van der Waals surface area (Å²) in [4.78, 5) is 34.9. The molecule has 13 heteroatoms. The zero-order chi connectivity index (χ0) is 34.2. The van der Waals surface area contributed by atoms with Crippen molar-refractivity contribution >= 4 is 27.5 Å².